The number of hydrogen-bond donors (Lipinski definition) is 0. The average Bonchev–Trinajstić information content (AvgIpc) is 2.30. The summed E-state index contributed by atoms with van der Waals surface area (Å²) in [6.07, 6.45) is 3.20. The van der Waals surface area contributed by atoms with Crippen molar-refractivity contribution in [3.63, 3.8) is 0 Å². The second kappa shape index (κ2) is 7.05. The Morgan fingerprint density at radius 3 is 2.06 bits per heavy atom. The van der Waals surface area contributed by atoms with Crippen molar-refractivity contribution >= 4 is 5.71 Å². The molecule has 0 heterocycles. The van der Waals surface area contributed by atoms with Gasteiger partial charge in [0.15, 0.2) is 0 Å². The van der Waals surface area contributed by atoms with Gasteiger partial charge in [0.25, 0.3) is 0 Å². The summed E-state index contributed by atoms with van der Waals surface area (Å²) in [4.78, 5) is 4.77. The number of methoxy groups -OCH3 is 1. The molecule has 2 nitrogen and oxygen atoms in total. The van der Waals surface area contributed by atoms with Gasteiger partial charge in [0.1, 0.15) is 5.60 Å². The van der Waals surface area contributed by atoms with E-state index in [1.54, 1.807) is 0 Å². The van der Waals surface area contributed by atoms with Gasteiger partial charge in [-0.15, -0.1) is 0 Å². The van der Waals surface area contributed by atoms with E-state index in [9.17, 15) is 0 Å². The molecule has 0 rings (SSSR count). The summed E-state index contributed by atoms with van der Waals surface area (Å²) in [5.74, 6) is 0.510. The number of aliphatic imine (C=N–C) groups is 1. The maximum atomic E-state index is 5.82. The molecule has 2 heteroatoms. The van der Waals surface area contributed by atoms with E-state index in [2.05, 4.69) is 41.5 Å². The molecule has 3 unspecified atom stereocenters. The average molecular weight is 227 g/mol. The first-order chi connectivity index (χ1) is 7.48. The zero-order valence-corrected chi connectivity index (χ0v) is 12.1. The third-order valence-electron chi connectivity index (χ3n) is 3.92. The molecule has 0 aromatic heterocycles. The van der Waals surface area contributed by atoms with E-state index >= 15 is 0 Å². The molecule has 0 spiro atoms. The second-order valence-electron chi connectivity index (χ2n) is 4.73. The van der Waals surface area contributed by atoms with Gasteiger partial charge in [0, 0.05) is 18.9 Å². The molecule has 0 aliphatic rings. The van der Waals surface area contributed by atoms with Crippen LogP contribution in [-0.4, -0.2) is 24.5 Å². The Kier molecular flexibility index (Phi) is 6.89. The lowest BCUT2D eigenvalue weighted by Gasteiger charge is -2.37. The van der Waals surface area contributed by atoms with Crippen LogP contribution in [0.5, 0.6) is 0 Å². The van der Waals surface area contributed by atoms with Crippen LogP contribution in [0.2, 0.25) is 0 Å². The van der Waals surface area contributed by atoms with Crippen molar-refractivity contribution in [1.29, 1.82) is 0 Å². The molecule has 96 valence electrons. The Labute approximate surface area is 101 Å². The molecule has 0 amide bonds. The van der Waals surface area contributed by atoms with Crippen LogP contribution in [0, 0.1) is 5.92 Å². The van der Waals surface area contributed by atoms with E-state index in [1.165, 1.54) is 0 Å². The maximum absolute atomic E-state index is 5.82. The van der Waals surface area contributed by atoms with Gasteiger partial charge in [0.05, 0.1) is 0 Å². The topological polar surface area (TPSA) is 21.6 Å². The van der Waals surface area contributed by atoms with E-state index in [4.69, 9.17) is 9.73 Å². The summed E-state index contributed by atoms with van der Waals surface area (Å²) in [6, 6.07) is 0.394. The lowest BCUT2D eigenvalue weighted by Crippen LogP contribution is -2.45. The molecule has 0 saturated carbocycles. The Hall–Kier alpha value is -0.370. The highest BCUT2D eigenvalue weighted by atomic mass is 16.5. The fraction of sp³-hybridized carbons (Fsp3) is 0.929. The van der Waals surface area contributed by atoms with Crippen molar-refractivity contribution in [2.75, 3.05) is 7.11 Å². The second-order valence-corrected chi connectivity index (χ2v) is 4.73. The van der Waals surface area contributed by atoms with Crippen molar-refractivity contribution in [2.24, 2.45) is 10.9 Å². The maximum Gasteiger partial charge on any atom is 0.107 e. The fourth-order valence-corrected chi connectivity index (χ4v) is 2.31. The Bertz CT molecular complexity index is 219. The van der Waals surface area contributed by atoms with Gasteiger partial charge in [-0.2, -0.15) is 0 Å². The number of nitrogens with zero attached hydrogens (tertiary/aromatic N) is 1. The molecule has 0 saturated heterocycles. The van der Waals surface area contributed by atoms with Crippen molar-refractivity contribution < 1.29 is 4.74 Å². The molecule has 0 aromatic carbocycles. The SMILES string of the molecule is CCC(C)/N=C(\C)C(CC)(OC)C(C)CC. The Morgan fingerprint density at radius 2 is 1.75 bits per heavy atom. The zero-order chi connectivity index (χ0) is 12.8. The van der Waals surface area contributed by atoms with E-state index in [0.29, 0.717) is 12.0 Å². The van der Waals surface area contributed by atoms with Crippen LogP contribution in [-0.2, 0) is 4.74 Å². The smallest absolute Gasteiger partial charge is 0.107 e. The van der Waals surface area contributed by atoms with Crippen molar-refractivity contribution in [3.8, 4) is 0 Å². The lowest BCUT2D eigenvalue weighted by atomic mass is 9.80. The zero-order valence-electron chi connectivity index (χ0n) is 12.1. The summed E-state index contributed by atoms with van der Waals surface area (Å²) in [5.41, 5.74) is 0.985. The van der Waals surface area contributed by atoms with Crippen LogP contribution in [0.25, 0.3) is 0 Å². The van der Waals surface area contributed by atoms with Gasteiger partial charge >= 0.3 is 0 Å². The Morgan fingerprint density at radius 1 is 1.19 bits per heavy atom. The highest BCUT2D eigenvalue weighted by Crippen LogP contribution is 2.30. The third kappa shape index (κ3) is 3.31. The standard InChI is InChI=1S/C14H29NO/c1-8-11(4)14(10-3,16-7)13(6)15-12(5)9-2/h11-12H,8-10H2,1-7H3/b15-13+. The van der Waals surface area contributed by atoms with Crippen LogP contribution < -0.4 is 0 Å². The first kappa shape index (κ1) is 15.6. The van der Waals surface area contributed by atoms with Gasteiger partial charge in [-0.3, -0.25) is 4.99 Å². The van der Waals surface area contributed by atoms with Crippen LogP contribution in [0.3, 0.4) is 0 Å². The van der Waals surface area contributed by atoms with Gasteiger partial charge < -0.3 is 4.74 Å². The van der Waals surface area contributed by atoms with E-state index < -0.39 is 0 Å². The molecular formula is C14H29NO. The summed E-state index contributed by atoms with van der Waals surface area (Å²) in [5, 5.41) is 0. The normalized spacial score (nSPS) is 20.3. The number of ether oxygens (including phenoxy) is 1. The van der Waals surface area contributed by atoms with Gasteiger partial charge in [-0.1, -0.05) is 34.1 Å². The van der Waals surface area contributed by atoms with Crippen LogP contribution >= 0.6 is 0 Å². The van der Waals surface area contributed by atoms with Gasteiger partial charge in [0.2, 0.25) is 0 Å². The summed E-state index contributed by atoms with van der Waals surface area (Å²) < 4.78 is 5.82. The third-order valence-corrected chi connectivity index (χ3v) is 3.92. The minimum Gasteiger partial charge on any atom is -0.372 e. The fourth-order valence-electron chi connectivity index (χ4n) is 2.31. The molecule has 0 aliphatic carbocycles. The molecule has 16 heavy (non-hydrogen) atoms. The monoisotopic (exact) mass is 227 g/mol. The van der Waals surface area contributed by atoms with Crippen LogP contribution in [0.15, 0.2) is 4.99 Å². The summed E-state index contributed by atoms with van der Waals surface area (Å²) in [7, 11) is 1.81. The van der Waals surface area contributed by atoms with Crippen molar-refractivity contribution in [2.45, 2.75) is 72.4 Å². The highest BCUT2D eigenvalue weighted by molar-refractivity contribution is 5.91. The van der Waals surface area contributed by atoms with E-state index in [-0.39, 0.29) is 5.60 Å². The molecule has 0 aliphatic heterocycles. The van der Waals surface area contributed by atoms with Gasteiger partial charge in [-0.05, 0) is 32.6 Å². The quantitative estimate of drug-likeness (QED) is 0.600. The predicted molar refractivity (Wildman–Crippen MR) is 72.3 cm³/mol. The van der Waals surface area contributed by atoms with E-state index in [1.807, 2.05) is 7.11 Å². The molecular weight excluding hydrogens is 198 g/mol. The number of rotatable bonds is 7. The van der Waals surface area contributed by atoms with Crippen LogP contribution in [0.1, 0.15) is 60.8 Å². The molecule has 0 bridgehead atoms. The molecule has 0 N–H and O–H groups in total. The largest absolute Gasteiger partial charge is 0.372 e. The van der Waals surface area contributed by atoms with Crippen molar-refractivity contribution in [1.82, 2.24) is 0 Å². The van der Waals surface area contributed by atoms with Gasteiger partial charge in [-0.25, -0.2) is 0 Å². The van der Waals surface area contributed by atoms with Crippen molar-refractivity contribution in [3.05, 3.63) is 0 Å². The molecule has 0 radical (unpaired) electrons. The first-order valence-electron chi connectivity index (χ1n) is 6.58. The molecule has 0 aromatic rings. The van der Waals surface area contributed by atoms with E-state index in [0.717, 1.165) is 25.0 Å². The van der Waals surface area contributed by atoms with Crippen LogP contribution in [0.4, 0.5) is 0 Å². The summed E-state index contributed by atoms with van der Waals surface area (Å²) >= 11 is 0. The lowest BCUT2D eigenvalue weighted by molar-refractivity contribution is 0.000498. The summed E-state index contributed by atoms with van der Waals surface area (Å²) in [6.45, 7) is 13.1. The Balaban J connectivity index is 5.10. The minimum absolute atomic E-state index is 0.168. The molecule has 0 fully saturated rings. The minimum atomic E-state index is -0.168. The predicted octanol–water partition coefficient (Wildman–Crippen LogP) is 4.09. The highest BCUT2D eigenvalue weighted by Gasteiger charge is 2.36. The first-order valence-corrected chi connectivity index (χ1v) is 6.58. The molecule has 3 atom stereocenters. The number of hydrogen-bond acceptors (Lipinski definition) is 2.